The number of likely N-dealkylation sites (N-methyl/N-ethyl adjacent to an activating group) is 1. The first kappa shape index (κ1) is 17.6. The molecule has 2 aromatic rings. The van der Waals surface area contributed by atoms with E-state index in [1.807, 2.05) is 30.5 Å². The van der Waals surface area contributed by atoms with E-state index >= 15 is 0 Å². The minimum atomic E-state index is -0.0268. The predicted octanol–water partition coefficient (Wildman–Crippen LogP) is 5.73. The van der Waals surface area contributed by atoms with Crippen LogP contribution in [0.25, 0.3) is 5.57 Å². The lowest BCUT2D eigenvalue weighted by atomic mass is 9.88. The van der Waals surface area contributed by atoms with Crippen molar-refractivity contribution in [2.75, 3.05) is 19.1 Å². The van der Waals surface area contributed by atoms with Gasteiger partial charge in [0, 0.05) is 41.2 Å². The van der Waals surface area contributed by atoms with Crippen molar-refractivity contribution in [2.24, 2.45) is 4.99 Å². The van der Waals surface area contributed by atoms with Crippen LogP contribution in [0.15, 0.2) is 47.5 Å². The summed E-state index contributed by atoms with van der Waals surface area (Å²) in [7, 11) is 3.81. The molecule has 130 valence electrons. The van der Waals surface area contributed by atoms with E-state index < -0.39 is 0 Å². The fraction of sp³-hybridized carbons (Fsp3) is 0.286. The van der Waals surface area contributed by atoms with Crippen molar-refractivity contribution in [3.8, 4) is 5.75 Å². The van der Waals surface area contributed by atoms with Gasteiger partial charge in [0.1, 0.15) is 5.75 Å². The molecule has 3 rings (SSSR count). The number of ether oxygens (including phenoxy) is 1. The van der Waals surface area contributed by atoms with Crippen molar-refractivity contribution in [2.45, 2.75) is 26.3 Å². The number of anilines is 1. The fourth-order valence-electron chi connectivity index (χ4n) is 3.14. The third-order valence-electron chi connectivity index (χ3n) is 4.75. The van der Waals surface area contributed by atoms with Crippen molar-refractivity contribution in [1.82, 2.24) is 0 Å². The second kappa shape index (κ2) is 6.57. The molecule has 0 N–H and O–H groups in total. The molecule has 3 nitrogen and oxygen atoms in total. The minimum Gasteiger partial charge on any atom is -0.496 e. The lowest BCUT2D eigenvalue weighted by molar-refractivity contribution is 0.414. The highest BCUT2D eigenvalue weighted by Gasteiger charge is 2.29. The molecule has 0 unspecified atom stereocenters. The Morgan fingerprint density at radius 3 is 2.48 bits per heavy atom. The minimum absolute atomic E-state index is 0.0268. The van der Waals surface area contributed by atoms with Crippen LogP contribution in [0.4, 0.5) is 11.4 Å². The van der Waals surface area contributed by atoms with Crippen LogP contribution in [-0.2, 0) is 0 Å². The quantitative estimate of drug-likeness (QED) is 0.657. The van der Waals surface area contributed by atoms with Gasteiger partial charge >= 0.3 is 0 Å². The Kier molecular flexibility index (Phi) is 4.61. The maximum atomic E-state index is 5.93. The summed E-state index contributed by atoms with van der Waals surface area (Å²) in [5.74, 6) is 0.814. The number of benzene rings is 2. The number of nitrogens with zero attached hydrogens (tertiary/aromatic N) is 2. The molecule has 0 aliphatic carbocycles. The summed E-state index contributed by atoms with van der Waals surface area (Å²) in [6.45, 7) is 6.57. The van der Waals surface area contributed by atoms with Gasteiger partial charge in [0.05, 0.1) is 18.3 Å². The normalized spacial score (nSPS) is 15.9. The van der Waals surface area contributed by atoms with Crippen molar-refractivity contribution in [3.63, 3.8) is 0 Å². The zero-order valence-corrected chi connectivity index (χ0v) is 16.1. The van der Waals surface area contributed by atoms with E-state index in [4.69, 9.17) is 16.3 Å². The largest absolute Gasteiger partial charge is 0.496 e. The highest BCUT2D eigenvalue weighted by Crippen LogP contribution is 2.40. The van der Waals surface area contributed by atoms with Gasteiger partial charge in [-0.3, -0.25) is 4.99 Å². The molecule has 2 aromatic carbocycles. The molecule has 0 radical (unpaired) electrons. The number of rotatable bonds is 3. The Bertz CT molecular complexity index is 851. The van der Waals surface area contributed by atoms with Crippen LogP contribution < -0.4 is 9.64 Å². The van der Waals surface area contributed by atoms with Gasteiger partial charge < -0.3 is 9.64 Å². The second-order valence-corrected chi connectivity index (χ2v) is 7.32. The van der Waals surface area contributed by atoms with Crippen molar-refractivity contribution < 1.29 is 4.74 Å². The summed E-state index contributed by atoms with van der Waals surface area (Å²) >= 11 is 5.93. The summed E-state index contributed by atoms with van der Waals surface area (Å²) in [6, 6.07) is 11.7. The summed E-state index contributed by atoms with van der Waals surface area (Å²) < 4.78 is 5.61. The lowest BCUT2D eigenvalue weighted by Gasteiger charge is -2.40. The van der Waals surface area contributed by atoms with Crippen molar-refractivity contribution in [1.29, 1.82) is 0 Å². The second-order valence-electron chi connectivity index (χ2n) is 6.89. The summed E-state index contributed by atoms with van der Waals surface area (Å²) in [4.78, 5) is 6.83. The highest BCUT2D eigenvalue weighted by atomic mass is 35.5. The van der Waals surface area contributed by atoms with Gasteiger partial charge in [-0.05, 0) is 56.7 Å². The monoisotopic (exact) mass is 354 g/mol. The molecule has 0 saturated heterocycles. The van der Waals surface area contributed by atoms with Crippen LogP contribution in [0.5, 0.6) is 5.75 Å². The van der Waals surface area contributed by atoms with E-state index in [0.29, 0.717) is 5.02 Å². The Labute approximate surface area is 154 Å². The van der Waals surface area contributed by atoms with E-state index in [1.165, 1.54) is 16.8 Å². The van der Waals surface area contributed by atoms with Gasteiger partial charge in [-0.15, -0.1) is 0 Å². The molecule has 25 heavy (non-hydrogen) atoms. The number of hydrogen-bond acceptors (Lipinski definition) is 3. The summed E-state index contributed by atoms with van der Waals surface area (Å²) in [5.41, 5.74) is 5.43. The van der Waals surface area contributed by atoms with Crippen molar-refractivity contribution in [3.05, 3.63) is 58.6 Å². The van der Waals surface area contributed by atoms with Crippen LogP contribution in [0.1, 0.15) is 31.9 Å². The topological polar surface area (TPSA) is 24.8 Å². The van der Waals surface area contributed by atoms with Crippen molar-refractivity contribution >= 4 is 34.8 Å². The third kappa shape index (κ3) is 3.42. The van der Waals surface area contributed by atoms with E-state index in [2.05, 4.69) is 55.9 Å². The first-order valence-electron chi connectivity index (χ1n) is 8.27. The molecular formula is C21H23ClN2O. The highest BCUT2D eigenvalue weighted by molar-refractivity contribution is 6.30. The number of halogens is 1. The molecule has 1 aliphatic heterocycles. The van der Waals surface area contributed by atoms with Crippen LogP contribution >= 0.6 is 11.6 Å². The van der Waals surface area contributed by atoms with E-state index in [9.17, 15) is 0 Å². The van der Waals surface area contributed by atoms with Gasteiger partial charge in [0.25, 0.3) is 0 Å². The van der Waals surface area contributed by atoms with E-state index in [0.717, 1.165) is 17.0 Å². The lowest BCUT2D eigenvalue weighted by Crippen LogP contribution is -2.42. The Morgan fingerprint density at radius 2 is 1.84 bits per heavy atom. The molecule has 1 aliphatic rings. The molecule has 1 heterocycles. The average molecular weight is 355 g/mol. The zero-order chi connectivity index (χ0) is 18.2. The fourth-order valence-corrected chi connectivity index (χ4v) is 3.27. The third-order valence-corrected chi connectivity index (χ3v) is 5.00. The van der Waals surface area contributed by atoms with Crippen LogP contribution in [0.3, 0.4) is 0 Å². The van der Waals surface area contributed by atoms with Gasteiger partial charge in [-0.25, -0.2) is 0 Å². The van der Waals surface area contributed by atoms with Gasteiger partial charge in [-0.2, -0.15) is 0 Å². The smallest absolute Gasteiger partial charge is 0.129 e. The number of fused-ring (bicyclic) bond motifs is 1. The summed E-state index contributed by atoms with van der Waals surface area (Å²) in [6.07, 6.45) is 4.14. The molecule has 0 spiro atoms. The first-order chi connectivity index (χ1) is 11.8. The van der Waals surface area contributed by atoms with Crippen LogP contribution in [-0.4, -0.2) is 25.9 Å². The van der Waals surface area contributed by atoms with E-state index in [-0.39, 0.29) is 5.54 Å². The van der Waals surface area contributed by atoms with Gasteiger partial charge in [-0.1, -0.05) is 17.7 Å². The molecule has 0 saturated carbocycles. The molecule has 0 bridgehead atoms. The molecule has 0 amide bonds. The molecule has 0 aromatic heterocycles. The van der Waals surface area contributed by atoms with Gasteiger partial charge in [0.15, 0.2) is 0 Å². The zero-order valence-electron chi connectivity index (χ0n) is 15.3. The molecular weight excluding hydrogens is 332 g/mol. The van der Waals surface area contributed by atoms with E-state index in [1.54, 1.807) is 7.11 Å². The number of hydrogen-bond donors (Lipinski definition) is 0. The SMILES string of the molecule is COc1cc2c(cc1C=Nc1ccc(Cl)cc1)C(C)=CC(C)(C)N2C. The number of allylic oxidation sites excluding steroid dienone is 1. The Morgan fingerprint density at radius 1 is 1.16 bits per heavy atom. The summed E-state index contributed by atoms with van der Waals surface area (Å²) in [5, 5.41) is 0.705. The van der Waals surface area contributed by atoms with Gasteiger partial charge in [0.2, 0.25) is 0 Å². The number of aliphatic imine (C=N–C) groups is 1. The maximum Gasteiger partial charge on any atom is 0.129 e. The number of methoxy groups -OCH3 is 1. The van der Waals surface area contributed by atoms with Crippen LogP contribution in [0.2, 0.25) is 5.02 Å². The Balaban J connectivity index is 2.04. The molecule has 0 fully saturated rings. The maximum absolute atomic E-state index is 5.93. The molecule has 0 atom stereocenters. The van der Waals surface area contributed by atoms with Crippen LogP contribution in [0, 0.1) is 0 Å². The predicted molar refractivity (Wildman–Crippen MR) is 108 cm³/mol. The molecule has 4 heteroatoms. The average Bonchev–Trinajstić information content (AvgIpc) is 2.58. The Hall–Kier alpha value is -2.26. The first-order valence-corrected chi connectivity index (χ1v) is 8.65. The standard InChI is InChI=1S/C21H23ClN2O/c1-14-12-21(2,3)24(4)19-11-20(25-5)15(10-18(14)19)13-23-17-8-6-16(22)7-9-17/h6-13H,1-5H3.